The molecule has 1 amide bonds. The summed E-state index contributed by atoms with van der Waals surface area (Å²) >= 11 is 5.82. The van der Waals surface area contributed by atoms with Crippen molar-refractivity contribution >= 4 is 17.5 Å². The highest BCUT2D eigenvalue weighted by Crippen LogP contribution is 2.17. The number of nitrogens with zero attached hydrogens (tertiary/aromatic N) is 2. The zero-order valence-corrected chi connectivity index (χ0v) is 14.2. The second-order valence-electron chi connectivity index (χ2n) is 6.37. The molecule has 0 radical (unpaired) electrons. The number of carbonyl (C=O) groups is 1. The highest BCUT2D eigenvalue weighted by molar-refractivity contribution is 6.30. The van der Waals surface area contributed by atoms with Crippen LogP contribution in [0.5, 0.6) is 0 Å². The molecule has 122 valence electrons. The number of carbonyl (C=O) groups excluding carboxylic acids is 1. The maximum absolute atomic E-state index is 12.0. The van der Waals surface area contributed by atoms with E-state index >= 15 is 0 Å². The molecule has 0 atom stereocenters. The molecular formula is C17H20ClN3O2. The molecule has 6 heteroatoms. The number of amides is 1. The van der Waals surface area contributed by atoms with Crippen molar-refractivity contribution in [2.75, 3.05) is 0 Å². The molecule has 0 spiro atoms. The van der Waals surface area contributed by atoms with Gasteiger partial charge in [0.15, 0.2) is 0 Å². The van der Waals surface area contributed by atoms with Crippen LogP contribution in [-0.2, 0) is 23.3 Å². The zero-order chi connectivity index (χ0) is 17.0. The van der Waals surface area contributed by atoms with Crippen molar-refractivity contribution < 1.29 is 4.79 Å². The van der Waals surface area contributed by atoms with Gasteiger partial charge >= 0.3 is 0 Å². The van der Waals surface area contributed by atoms with Gasteiger partial charge in [0.25, 0.3) is 5.56 Å². The van der Waals surface area contributed by atoms with Crippen molar-refractivity contribution in [1.82, 2.24) is 15.1 Å². The lowest BCUT2D eigenvalue weighted by atomic mass is 9.92. The molecule has 1 aromatic heterocycles. The molecule has 0 saturated heterocycles. The largest absolute Gasteiger partial charge is 0.350 e. The van der Waals surface area contributed by atoms with Gasteiger partial charge in [-0.1, -0.05) is 44.5 Å². The third kappa shape index (κ3) is 4.93. The van der Waals surface area contributed by atoms with E-state index in [0.717, 1.165) is 11.3 Å². The molecule has 0 aliphatic heterocycles. The van der Waals surface area contributed by atoms with Gasteiger partial charge in [-0.2, -0.15) is 5.10 Å². The number of hydrogen-bond donors (Lipinski definition) is 1. The minimum absolute atomic E-state index is 0.101. The SMILES string of the molecule is CC(C)(C)c1ccc(=O)n(CC(=O)NCc2ccc(Cl)cc2)n1. The van der Waals surface area contributed by atoms with E-state index < -0.39 is 0 Å². The van der Waals surface area contributed by atoms with E-state index in [1.165, 1.54) is 10.7 Å². The Balaban J connectivity index is 2.02. The molecule has 1 aromatic carbocycles. The summed E-state index contributed by atoms with van der Waals surface area (Å²) in [4.78, 5) is 23.9. The number of rotatable bonds is 4. The smallest absolute Gasteiger partial charge is 0.267 e. The molecule has 0 unspecified atom stereocenters. The Kier molecular flexibility index (Phi) is 5.21. The van der Waals surface area contributed by atoms with E-state index in [2.05, 4.69) is 10.4 Å². The van der Waals surface area contributed by atoms with Crippen LogP contribution >= 0.6 is 11.6 Å². The standard InChI is InChI=1S/C17H20ClN3O2/c1-17(2,3)14-8-9-16(23)21(20-14)11-15(22)19-10-12-4-6-13(18)7-5-12/h4-9H,10-11H2,1-3H3,(H,19,22). The van der Waals surface area contributed by atoms with E-state index in [1.54, 1.807) is 18.2 Å². The molecule has 0 fully saturated rings. The summed E-state index contributed by atoms with van der Waals surface area (Å²) in [6.45, 7) is 6.29. The van der Waals surface area contributed by atoms with Gasteiger partial charge in [0.2, 0.25) is 5.91 Å². The highest BCUT2D eigenvalue weighted by Gasteiger charge is 2.17. The summed E-state index contributed by atoms with van der Waals surface area (Å²) in [5.41, 5.74) is 1.23. The Bertz CT molecular complexity index is 746. The Morgan fingerprint density at radius 1 is 1.17 bits per heavy atom. The Hall–Kier alpha value is -2.14. The summed E-state index contributed by atoms with van der Waals surface area (Å²) in [6, 6.07) is 10.4. The zero-order valence-electron chi connectivity index (χ0n) is 13.5. The Labute approximate surface area is 140 Å². The second kappa shape index (κ2) is 6.96. The quantitative estimate of drug-likeness (QED) is 0.935. The van der Waals surface area contributed by atoms with Gasteiger partial charge in [-0.15, -0.1) is 0 Å². The van der Waals surface area contributed by atoms with Crippen LogP contribution in [0.1, 0.15) is 32.0 Å². The van der Waals surface area contributed by atoms with E-state index in [1.807, 2.05) is 32.9 Å². The molecule has 0 saturated carbocycles. The highest BCUT2D eigenvalue weighted by atomic mass is 35.5. The molecule has 0 aliphatic rings. The fourth-order valence-corrected chi connectivity index (χ4v) is 2.08. The van der Waals surface area contributed by atoms with Crippen LogP contribution in [0, 0.1) is 0 Å². The Morgan fingerprint density at radius 3 is 2.43 bits per heavy atom. The van der Waals surface area contributed by atoms with Crippen LogP contribution in [0.15, 0.2) is 41.2 Å². The molecule has 0 bridgehead atoms. The third-order valence-electron chi connectivity index (χ3n) is 3.33. The average molecular weight is 334 g/mol. The lowest BCUT2D eigenvalue weighted by Gasteiger charge is -2.18. The predicted molar refractivity (Wildman–Crippen MR) is 90.5 cm³/mol. The van der Waals surface area contributed by atoms with E-state index in [4.69, 9.17) is 11.6 Å². The second-order valence-corrected chi connectivity index (χ2v) is 6.80. The number of nitrogens with one attached hydrogen (secondary N) is 1. The monoisotopic (exact) mass is 333 g/mol. The van der Waals surface area contributed by atoms with E-state index in [-0.39, 0.29) is 23.4 Å². The number of benzene rings is 1. The van der Waals surface area contributed by atoms with E-state index in [0.29, 0.717) is 11.6 Å². The molecule has 0 aliphatic carbocycles. The summed E-state index contributed by atoms with van der Waals surface area (Å²) in [7, 11) is 0. The maximum atomic E-state index is 12.0. The lowest BCUT2D eigenvalue weighted by molar-refractivity contribution is -0.122. The first kappa shape index (κ1) is 17.2. The normalized spacial score (nSPS) is 11.3. The summed E-state index contributed by atoms with van der Waals surface area (Å²) in [6.07, 6.45) is 0. The average Bonchev–Trinajstić information content (AvgIpc) is 2.48. The van der Waals surface area contributed by atoms with Crippen LogP contribution in [-0.4, -0.2) is 15.7 Å². The van der Waals surface area contributed by atoms with Crippen LogP contribution in [0.3, 0.4) is 0 Å². The molecule has 1 heterocycles. The van der Waals surface area contributed by atoms with Gasteiger partial charge in [-0.25, -0.2) is 4.68 Å². The van der Waals surface area contributed by atoms with Gasteiger partial charge < -0.3 is 5.32 Å². The summed E-state index contributed by atoms with van der Waals surface area (Å²) in [5.74, 6) is -0.263. The van der Waals surface area contributed by atoms with E-state index in [9.17, 15) is 9.59 Å². The van der Waals surface area contributed by atoms with Gasteiger partial charge in [0, 0.05) is 23.0 Å². The topological polar surface area (TPSA) is 64.0 Å². The molecule has 2 rings (SSSR count). The van der Waals surface area contributed by atoms with Gasteiger partial charge in [0.1, 0.15) is 6.54 Å². The number of halogens is 1. The third-order valence-corrected chi connectivity index (χ3v) is 3.58. The van der Waals surface area contributed by atoms with Crippen molar-refractivity contribution in [3.8, 4) is 0 Å². The van der Waals surface area contributed by atoms with Crippen molar-refractivity contribution in [2.45, 2.75) is 39.3 Å². The minimum Gasteiger partial charge on any atom is -0.350 e. The maximum Gasteiger partial charge on any atom is 0.267 e. The minimum atomic E-state index is -0.292. The van der Waals surface area contributed by atoms with Gasteiger partial charge in [-0.3, -0.25) is 9.59 Å². The van der Waals surface area contributed by atoms with Crippen molar-refractivity contribution in [2.24, 2.45) is 0 Å². The molecule has 2 aromatic rings. The fourth-order valence-electron chi connectivity index (χ4n) is 1.96. The lowest BCUT2D eigenvalue weighted by Crippen LogP contribution is -2.34. The summed E-state index contributed by atoms with van der Waals surface area (Å²) in [5, 5.41) is 7.69. The van der Waals surface area contributed by atoms with Crippen molar-refractivity contribution in [3.63, 3.8) is 0 Å². The van der Waals surface area contributed by atoms with Crippen molar-refractivity contribution in [3.05, 3.63) is 63.0 Å². The molecule has 23 heavy (non-hydrogen) atoms. The van der Waals surface area contributed by atoms with Crippen molar-refractivity contribution in [1.29, 1.82) is 0 Å². The van der Waals surface area contributed by atoms with Gasteiger partial charge in [-0.05, 0) is 23.8 Å². The number of hydrogen-bond acceptors (Lipinski definition) is 3. The van der Waals surface area contributed by atoms with Crippen LogP contribution in [0.25, 0.3) is 0 Å². The first-order chi connectivity index (χ1) is 10.8. The molecular weight excluding hydrogens is 314 g/mol. The predicted octanol–water partition coefficient (Wildman–Crippen LogP) is 2.51. The Morgan fingerprint density at radius 2 is 1.83 bits per heavy atom. The first-order valence-electron chi connectivity index (χ1n) is 7.35. The first-order valence-corrected chi connectivity index (χ1v) is 7.73. The summed E-state index contributed by atoms with van der Waals surface area (Å²) < 4.78 is 1.19. The van der Waals surface area contributed by atoms with Gasteiger partial charge in [0.05, 0.1) is 5.69 Å². The number of aromatic nitrogens is 2. The van der Waals surface area contributed by atoms with Crippen LogP contribution in [0.2, 0.25) is 5.02 Å². The molecule has 1 N–H and O–H groups in total. The fraction of sp³-hybridized carbons (Fsp3) is 0.353. The molecule has 5 nitrogen and oxygen atoms in total. The van der Waals surface area contributed by atoms with Crippen LogP contribution < -0.4 is 10.9 Å². The van der Waals surface area contributed by atoms with Crippen LogP contribution in [0.4, 0.5) is 0 Å².